The maximum atomic E-state index is 12.4. The van der Waals surface area contributed by atoms with E-state index in [9.17, 15) is 4.79 Å². The first kappa shape index (κ1) is 13.0. The van der Waals surface area contributed by atoms with E-state index in [4.69, 9.17) is 0 Å². The molecule has 1 aromatic rings. The summed E-state index contributed by atoms with van der Waals surface area (Å²) < 4.78 is 0.323. The fraction of sp³-hybridized carbons (Fsp3) is 0.533. The number of hydrogen-bond acceptors (Lipinski definition) is 3. The number of fused-ring (bicyclic) bond motifs is 1. The van der Waals surface area contributed by atoms with Crippen molar-refractivity contribution in [3.63, 3.8) is 0 Å². The molecule has 3 nitrogen and oxygen atoms in total. The van der Waals surface area contributed by atoms with E-state index in [-0.39, 0.29) is 11.9 Å². The molecule has 1 aromatic carbocycles. The molecule has 1 unspecified atom stereocenters. The topological polar surface area (TPSA) is 41.1 Å². The van der Waals surface area contributed by atoms with Crippen LogP contribution < -0.4 is 10.6 Å². The minimum atomic E-state index is -0.178. The number of carbonyl (C=O) groups is 1. The fourth-order valence-electron chi connectivity index (χ4n) is 2.68. The third-order valence-electron chi connectivity index (χ3n) is 4.20. The highest BCUT2D eigenvalue weighted by Gasteiger charge is 2.42. The van der Waals surface area contributed by atoms with Crippen LogP contribution in [0.2, 0.25) is 0 Å². The first-order chi connectivity index (χ1) is 9.24. The zero-order valence-corrected chi connectivity index (χ0v) is 12.1. The summed E-state index contributed by atoms with van der Waals surface area (Å²) in [7, 11) is 0. The predicted molar refractivity (Wildman–Crippen MR) is 79.4 cm³/mol. The molecule has 4 heteroatoms. The summed E-state index contributed by atoms with van der Waals surface area (Å²) >= 11 is 1.88. The van der Waals surface area contributed by atoms with Gasteiger partial charge in [-0.2, -0.15) is 11.8 Å². The standard InChI is InChI=1S/C15H20N2OS/c1-19-15(7-8-15)10-17-14(18)13-12-5-3-2-4-11(12)6-9-16-13/h2-5,13,16H,6-10H2,1H3,(H,17,18). The van der Waals surface area contributed by atoms with Gasteiger partial charge in [-0.3, -0.25) is 4.79 Å². The number of thioether (sulfide) groups is 1. The van der Waals surface area contributed by atoms with Crippen LogP contribution in [-0.4, -0.2) is 30.0 Å². The van der Waals surface area contributed by atoms with Crippen LogP contribution >= 0.6 is 11.8 Å². The summed E-state index contributed by atoms with van der Waals surface area (Å²) in [6, 6.07) is 8.07. The van der Waals surface area contributed by atoms with Crippen molar-refractivity contribution in [3.05, 3.63) is 35.4 Å². The first-order valence-electron chi connectivity index (χ1n) is 6.88. The van der Waals surface area contributed by atoms with Crippen molar-refractivity contribution >= 4 is 17.7 Å². The summed E-state index contributed by atoms with van der Waals surface area (Å²) in [6.07, 6.45) is 5.59. The van der Waals surface area contributed by atoms with Crippen molar-refractivity contribution in [1.82, 2.24) is 10.6 Å². The first-order valence-corrected chi connectivity index (χ1v) is 8.11. The Labute approximate surface area is 118 Å². The SMILES string of the molecule is CSC1(CNC(=O)C2NCCc3ccccc32)CC1. The van der Waals surface area contributed by atoms with Gasteiger partial charge < -0.3 is 10.6 Å². The monoisotopic (exact) mass is 276 g/mol. The average Bonchev–Trinajstić information content (AvgIpc) is 3.25. The second kappa shape index (κ2) is 5.17. The normalized spacial score (nSPS) is 23.5. The van der Waals surface area contributed by atoms with Crippen LogP contribution in [0, 0.1) is 0 Å². The smallest absolute Gasteiger partial charge is 0.241 e. The molecule has 102 valence electrons. The van der Waals surface area contributed by atoms with Gasteiger partial charge in [-0.25, -0.2) is 0 Å². The molecule has 2 N–H and O–H groups in total. The maximum absolute atomic E-state index is 12.4. The minimum absolute atomic E-state index is 0.118. The summed E-state index contributed by atoms with van der Waals surface area (Å²) in [6.45, 7) is 1.68. The van der Waals surface area contributed by atoms with Gasteiger partial charge in [0.2, 0.25) is 5.91 Å². The Bertz CT molecular complexity index is 485. The maximum Gasteiger partial charge on any atom is 0.241 e. The number of amides is 1. The lowest BCUT2D eigenvalue weighted by molar-refractivity contribution is -0.123. The molecule has 1 atom stereocenters. The van der Waals surface area contributed by atoms with Crippen LogP contribution in [0.1, 0.15) is 30.0 Å². The average molecular weight is 276 g/mol. The van der Waals surface area contributed by atoms with Crippen molar-refractivity contribution in [2.24, 2.45) is 0 Å². The molecule has 2 aliphatic rings. The largest absolute Gasteiger partial charge is 0.353 e. The van der Waals surface area contributed by atoms with Crippen molar-refractivity contribution in [2.75, 3.05) is 19.3 Å². The van der Waals surface area contributed by atoms with Crippen LogP contribution in [0.5, 0.6) is 0 Å². The second-order valence-electron chi connectivity index (χ2n) is 5.44. The highest BCUT2D eigenvalue weighted by Crippen LogP contribution is 2.46. The fourth-order valence-corrected chi connectivity index (χ4v) is 3.41. The number of carbonyl (C=O) groups excluding carboxylic acids is 1. The van der Waals surface area contributed by atoms with Crippen LogP contribution in [0.4, 0.5) is 0 Å². The van der Waals surface area contributed by atoms with Crippen LogP contribution in [-0.2, 0) is 11.2 Å². The molecular formula is C15H20N2OS. The third kappa shape index (κ3) is 2.65. The van der Waals surface area contributed by atoms with Gasteiger partial charge in [-0.05, 0) is 36.6 Å². The van der Waals surface area contributed by atoms with E-state index >= 15 is 0 Å². The minimum Gasteiger partial charge on any atom is -0.353 e. The third-order valence-corrected chi connectivity index (χ3v) is 5.62. The molecule has 0 aromatic heterocycles. The van der Waals surface area contributed by atoms with Crippen LogP contribution in [0.15, 0.2) is 24.3 Å². The zero-order chi connectivity index (χ0) is 13.3. The number of benzene rings is 1. The van der Waals surface area contributed by atoms with Gasteiger partial charge in [-0.15, -0.1) is 0 Å². The molecule has 1 aliphatic heterocycles. The molecule has 0 spiro atoms. The Hall–Kier alpha value is -1.00. The van der Waals surface area contributed by atoms with E-state index in [1.54, 1.807) is 0 Å². The van der Waals surface area contributed by atoms with Gasteiger partial charge in [0.25, 0.3) is 0 Å². The molecule has 1 saturated carbocycles. The molecule has 0 bridgehead atoms. The van der Waals surface area contributed by atoms with E-state index in [0.717, 1.165) is 25.1 Å². The summed E-state index contributed by atoms with van der Waals surface area (Å²) in [4.78, 5) is 12.4. The highest BCUT2D eigenvalue weighted by atomic mass is 32.2. The summed E-state index contributed by atoms with van der Waals surface area (Å²) in [5, 5.41) is 6.46. The molecule has 1 aliphatic carbocycles. The molecule has 19 heavy (non-hydrogen) atoms. The lowest BCUT2D eigenvalue weighted by Gasteiger charge is -2.26. The van der Waals surface area contributed by atoms with Gasteiger partial charge in [0.1, 0.15) is 6.04 Å². The molecule has 1 fully saturated rings. The van der Waals surface area contributed by atoms with Gasteiger partial charge in [-0.1, -0.05) is 24.3 Å². The zero-order valence-electron chi connectivity index (χ0n) is 11.2. The Balaban J connectivity index is 1.67. The summed E-state index contributed by atoms with van der Waals surface area (Å²) in [5.74, 6) is 0.118. The predicted octanol–water partition coefficient (Wildman–Crippen LogP) is 1.89. The quantitative estimate of drug-likeness (QED) is 0.882. The molecule has 0 saturated heterocycles. The molecular weight excluding hydrogens is 256 g/mol. The van der Waals surface area contributed by atoms with Gasteiger partial charge in [0.15, 0.2) is 0 Å². The Morgan fingerprint density at radius 2 is 2.26 bits per heavy atom. The van der Waals surface area contributed by atoms with Crippen molar-refractivity contribution in [1.29, 1.82) is 0 Å². The van der Waals surface area contributed by atoms with E-state index in [0.29, 0.717) is 4.75 Å². The molecule has 1 heterocycles. The van der Waals surface area contributed by atoms with Crippen molar-refractivity contribution in [3.8, 4) is 0 Å². The van der Waals surface area contributed by atoms with E-state index in [1.165, 1.54) is 18.4 Å². The Morgan fingerprint density at radius 3 is 3.00 bits per heavy atom. The van der Waals surface area contributed by atoms with Crippen LogP contribution in [0.3, 0.4) is 0 Å². The van der Waals surface area contributed by atoms with Crippen molar-refractivity contribution in [2.45, 2.75) is 30.1 Å². The van der Waals surface area contributed by atoms with E-state index in [2.05, 4.69) is 29.0 Å². The van der Waals surface area contributed by atoms with E-state index < -0.39 is 0 Å². The van der Waals surface area contributed by atoms with Gasteiger partial charge in [0, 0.05) is 17.8 Å². The highest BCUT2D eigenvalue weighted by molar-refractivity contribution is 8.00. The Kier molecular flexibility index (Phi) is 3.54. The Morgan fingerprint density at radius 1 is 1.47 bits per heavy atom. The molecule has 1 amide bonds. The molecule has 0 radical (unpaired) electrons. The number of rotatable bonds is 4. The van der Waals surface area contributed by atoms with E-state index in [1.807, 2.05) is 23.9 Å². The van der Waals surface area contributed by atoms with Gasteiger partial charge >= 0.3 is 0 Å². The van der Waals surface area contributed by atoms with Crippen LogP contribution in [0.25, 0.3) is 0 Å². The molecule has 3 rings (SSSR count). The number of nitrogens with one attached hydrogen (secondary N) is 2. The second-order valence-corrected chi connectivity index (χ2v) is 6.72. The van der Waals surface area contributed by atoms with Gasteiger partial charge in [0.05, 0.1) is 0 Å². The lowest BCUT2D eigenvalue weighted by Crippen LogP contribution is -2.43. The van der Waals surface area contributed by atoms with Crippen molar-refractivity contribution < 1.29 is 4.79 Å². The number of hydrogen-bond donors (Lipinski definition) is 2. The summed E-state index contributed by atoms with van der Waals surface area (Å²) in [5.41, 5.74) is 2.44. The lowest BCUT2D eigenvalue weighted by atomic mass is 9.94.